The molecule has 0 atom stereocenters. The normalized spacial score (nSPS) is 11.0. The van der Waals surface area contributed by atoms with E-state index in [-0.39, 0.29) is 20.4 Å². The number of methoxy groups -OCH3 is 1. The molecule has 23 heavy (non-hydrogen) atoms. The maximum absolute atomic E-state index is 11.8. The number of carbonyl (C=O) groups excluding carboxylic acids is 1. The number of rotatable bonds is 3. The van der Waals surface area contributed by atoms with Crippen molar-refractivity contribution in [3.8, 4) is 11.6 Å². The standard InChI is InChI=1S/C13H8Cl2IN5O2/c1-5-20-17-4-21(5)11-8(15)6(14)3-7-9(11)19-10(12(16)22)13(18-7)23-2/h3-4H,1-2H3. The molecular formula is C13H8Cl2IN5O2. The molecule has 1 aromatic carbocycles. The molecule has 0 bridgehead atoms. The summed E-state index contributed by atoms with van der Waals surface area (Å²) in [6, 6.07) is 1.57. The fourth-order valence-corrected chi connectivity index (χ4v) is 2.89. The molecule has 0 aliphatic heterocycles. The molecule has 0 aliphatic carbocycles. The van der Waals surface area contributed by atoms with Gasteiger partial charge in [-0.3, -0.25) is 9.36 Å². The Labute approximate surface area is 154 Å². The van der Waals surface area contributed by atoms with Gasteiger partial charge in [0, 0.05) is 22.6 Å². The van der Waals surface area contributed by atoms with Crippen molar-refractivity contribution in [2.24, 2.45) is 0 Å². The summed E-state index contributed by atoms with van der Waals surface area (Å²) >= 11 is 14.2. The highest BCUT2D eigenvalue weighted by Gasteiger charge is 2.21. The first-order valence-corrected chi connectivity index (χ1v) is 8.08. The van der Waals surface area contributed by atoms with Crippen LogP contribution in [0, 0.1) is 6.92 Å². The Morgan fingerprint density at radius 3 is 2.65 bits per heavy atom. The molecule has 0 spiro atoms. The third-order valence-electron chi connectivity index (χ3n) is 3.13. The average Bonchev–Trinajstić information content (AvgIpc) is 2.93. The number of aryl methyl sites for hydroxylation is 1. The molecule has 2 heterocycles. The van der Waals surface area contributed by atoms with Gasteiger partial charge in [0.25, 0.3) is 0 Å². The minimum atomic E-state index is -0.300. The molecule has 0 radical (unpaired) electrons. The predicted molar refractivity (Wildman–Crippen MR) is 94.1 cm³/mol. The highest BCUT2D eigenvalue weighted by atomic mass is 127. The summed E-state index contributed by atoms with van der Waals surface area (Å²) in [4.78, 5) is 20.5. The first-order chi connectivity index (χ1) is 10.9. The zero-order chi connectivity index (χ0) is 16.7. The van der Waals surface area contributed by atoms with Crippen molar-refractivity contribution in [2.75, 3.05) is 7.11 Å². The lowest BCUT2D eigenvalue weighted by molar-refractivity contribution is 0.109. The van der Waals surface area contributed by atoms with Gasteiger partial charge >= 0.3 is 0 Å². The second kappa shape index (κ2) is 6.17. The number of aromatic nitrogens is 5. The van der Waals surface area contributed by atoms with Crippen molar-refractivity contribution in [1.29, 1.82) is 0 Å². The molecule has 0 aliphatic rings. The van der Waals surface area contributed by atoms with Crippen LogP contribution in [-0.4, -0.2) is 35.6 Å². The van der Waals surface area contributed by atoms with E-state index in [2.05, 4.69) is 20.2 Å². The molecule has 0 saturated carbocycles. The van der Waals surface area contributed by atoms with E-state index in [0.717, 1.165) is 0 Å². The van der Waals surface area contributed by atoms with Gasteiger partial charge in [-0.2, -0.15) is 0 Å². The summed E-state index contributed by atoms with van der Waals surface area (Å²) in [5.41, 5.74) is 1.42. The molecule has 7 nitrogen and oxygen atoms in total. The van der Waals surface area contributed by atoms with Crippen molar-refractivity contribution in [1.82, 2.24) is 24.7 Å². The fraction of sp³-hybridized carbons (Fsp3) is 0.154. The van der Waals surface area contributed by atoms with Crippen molar-refractivity contribution in [2.45, 2.75) is 6.92 Å². The van der Waals surface area contributed by atoms with E-state index in [1.165, 1.54) is 13.4 Å². The van der Waals surface area contributed by atoms with Gasteiger partial charge < -0.3 is 4.74 Å². The van der Waals surface area contributed by atoms with Crippen LogP contribution in [0.4, 0.5) is 0 Å². The number of nitrogens with zero attached hydrogens (tertiary/aromatic N) is 5. The van der Waals surface area contributed by atoms with Crippen LogP contribution in [0.2, 0.25) is 10.0 Å². The Morgan fingerprint density at radius 1 is 1.35 bits per heavy atom. The van der Waals surface area contributed by atoms with Gasteiger partial charge in [-0.05, 0) is 13.0 Å². The Hall–Kier alpha value is -1.52. The maximum Gasteiger partial charge on any atom is 0.246 e. The number of halogens is 3. The topological polar surface area (TPSA) is 82.8 Å². The minimum absolute atomic E-state index is 0.103. The maximum atomic E-state index is 11.8. The average molecular weight is 464 g/mol. The van der Waals surface area contributed by atoms with E-state index in [0.29, 0.717) is 27.6 Å². The SMILES string of the molecule is COc1nc2cc(Cl)c(Cl)c(-n3cnnc3C)c2nc1C(=O)I. The van der Waals surface area contributed by atoms with Gasteiger partial charge in [0.15, 0.2) is 5.69 Å². The highest BCUT2D eigenvalue weighted by Crippen LogP contribution is 2.36. The second-order valence-electron chi connectivity index (χ2n) is 4.49. The zero-order valence-corrected chi connectivity index (χ0v) is 15.5. The molecule has 3 aromatic rings. The lowest BCUT2D eigenvalue weighted by Gasteiger charge is -2.13. The van der Waals surface area contributed by atoms with Crippen molar-refractivity contribution < 1.29 is 9.53 Å². The third-order valence-corrected chi connectivity index (χ3v) is 4.42. The van der Waals surface area contributed by atoms with Crippen LogP contribution < -0.4 is 4.74 Å². The Kier molecular flexibility index (Phi) is 4.39. The molecule has 118 valence electrons. The number of benzene rings is 1. The molecule has 0 N–H and O–H groups in total. The molecular weight excluding hydrogens is 456 g/mol. The summed E-state index contributed by atoms with van der Waals surface area (Å²) < 4.78 is 6.47. The van der Waals surface area contributed by atoms with Gasteiger partial charge in [0.05, 0.1) is 28.4 Å². The number of fused-ring (bicyclic) bond motifs is 1. The fourth-order valence-electron chi connectivity index (χ4n) is 2.11. The molecule has 2 aromatic heterocycles. The quantitative estimate of drug-likeness (QED) is 0.437. The van der Waals surface area contributed by atoms with E-state index >= 15 is 0 Å². The monoisotopic (exact) mass is 463 g/mol. The van der Waals surface area contributed by atoms with E-state index in [9.17, 15) is 4.79 Å². The minimum Gasteiger partial charge on any atom is -0.479 e. The lowest BCUT2D eigenvalue weighted by Crippen LogP contribution is -2.06. The summed E-state index contributed by atoms with van der Waals surface area (Å²) in [7, 11) is 1.42. The summed E-state index contributed by atoms with van der Waals surface area (Å²) in [6.07, 6.45) is 1.49. The summed E-state index contributed by atoms with van der Waals surface area (Å²) in [5, 5.41) is 8.34. The molecule has 0 unspecified atom stereocenters. The van der Waals surface area contributed by atoms with Crippen molar-refractivity contribution in [3.63, 3.8) is 0 Å². The second-order valence-corrected chi connectivity index (χ2v) is 6.26. The summed E-state index contributed by atoms with van der Waals surface area (Å²) in [5.74, 6) is 0.720. The van der Waals surface area contributed by atoms with Crippen LogP contribution in [0.25, 0.3) is 16.7 Å². The Balaban J connectivity index is 2.47. The van der Waals surface area contributed by atoms with Gasteiger partial charge in [-0.1, -0.05) is 23.2 Å². The van der Waals surface area contributed by atoms with Gasteiger partial charge in [-0.25, -0.2) is 9.97 Å². The van der Waals surface area contributed by atoms with E-state index in [1.54, 1.807) is 40.1 Å². The third kappa shape index (κ3) is 2.74. The number of carbonyl (C=O) groups is 1. The van der Waals surface area contributed by atoms with Crippen LogP contribution in [0.3, 0.4) is 0 Å². The van der Waals surface area contributed by atoms with Crippen molar-refractivity contribution >= 4 is 60.6 Å². The molecule has 0 amide bonds. The highest BCUT2D eigenvalue weighted by molar-refractivity contribution is 14.1. The zero-order valence-electron chi connectivity index (χ0n) is 11.8. The molecule has 0 fully saturated rings. The first kappa shape index (κ1) is 16.3. The number of hydrogen-bond donors (Lipinski definition) is 0. The van der Waals surface area contributed by atoms with Crippen LogP contribution in [0.15, 0.2) is 12.4 Å². The lowest BCUT2D eigenvalue weighted by atomic mass is 10.2. The van der Waals surface area contributed by atoms with E-state index in [4.69, 9.17) is 27.9 Å². The van der Waals surface area contributed by atoms with Gasteiger partial charge in [0.2, 0.25) is 9.67 Å². The van der Waals surface area contributed by atoms with E-state index in [1.807, 2.05) is 0 Å². The first-order valence-electron chi connectivity index (χ1n) is 6.24. The summed E-state index contributed by atoms with van der Waals surface area (Å²) in [6.45, 7) is 1.76. The smallest absolute Gasteiger partial charge is 0.246 e. The van der Waals surface area contributed by atoms with E-state index < -0.39 is 0 Å². The van der Waals surface area contributed by atoms with Crippen LogP contribution >= 0.6 is 45.8 Å². The Bertz CT molecular complexity index is 944. The molecule has 3 rings (SSSR count). The van der Waals surface area contributed by atoms with Crippen LogP contribution in [0.5, 0.6) is 5.88 Å². The van der Waals surface area contributed by atoms with Crippen LogP contribution in [-0.2, 0) is 0 Å². The largest absolute Gasteiger partial charge is 0.479 e. The Morgan fingerprint density at radius 2 is 2.09 bits per heavy atom. The number of hydrogen-bond acceptors (Lipinski definition) is 6. The van der Waals surface area contributed by atoms with Gasteiger partial charge in [-0.15, -0.1) is 10.2 Å². The molecule has 10 heteroatoms. The predicted octanol–water partition coefficient (Wildman–Crippen LogP) is 3.41. The molecule has 0 saturated heterocycles. The van der Waals surface area contributed by atoms with Crippen molar-refractivity contribution in [3.05, 3.63) is 34.0 Å². The van der Waals surface area contributed by atoms with Crippen LogP contribution in [0.1, 0.15) is 16.3 Å². The van der Waals surface area contributed by atoms with Gasteiger partial charge in [0.1, 0.15) is 17.7 Å². The number of ether oxygens (including phenoxy) is 1.